The van der Waals surface area contributed by atoms with Gasteiger partial charge in [-0.1, -0.05) is 13.8 Å². The highest BCUT2D eigenvalue weighted by Crippen LogP contribution is 2.30. The maximum absolute atomic E-state index is 5.54. The van der Waals surface area contributed by atoms with Gasteiger partial charge in [0.2, 0.25) is 5.95 Å². The maximum Gasteiger partial charge on any atom is 0.240 e. The molecule has 0 saturated heterocycles. The molecule has 2 aromatic rings. The standard InChI is InChI=1S/C13H16N4O/c1-8(2)10-6-9(4-5-12(10)18-3)11-7-15-17-13(14)16-11/h4-8H,1-3H3,(H2,14,16,17). The minimum absolute atomic E-state index is 0.175. The summed E-state index contributed by atoms with van der Waals surface area (Å²) in [4.78, 5) is 4.16. The molecular formula is C13H16N4O. The summed E-state index contributed by atoms with van der Waals surface area (Å²) in [5.41, 5.74) is 8.35. The number of anilines is 1. The first-order valence-corrected chi connectivity index (χ1v) is 5.75. The van der Waals surface area contributed by atoms with Crippen molar-refractivity contribution in [3.63, 3.8) is 0 Å². The Morgan fingerprint density at radius 1 is 1.28 bits per heavy atom. The molecule has 5 heteroatoms. The zero-order chi connectivity index (χ0) is 13.1. The molecule has 0 aliphatic carbocycles. The summed E-state index contributed by atoms with van der Waals surface area (Å²) in [5.74, 6) is 1.42. The summed E-state index contributed by atoms with van der Waals surface area (Å²) in [7, 11) is 1.67. The lowest BCUT2D eigenvalue weighted by atomic mass is 9.98. The second-order valence-electron chi connectivity index (χ2n) is 4.31. The molecule has 1 aromatic heterocycles. The van der Waals surface area contributed by atoms with Crippen LogP contribution in [0.2, 0.25) is 0 Å². The van der Waals surface area contributed by atoms with Gasteiger partial charge in [-0.2, -0.15) is 5.10 Å². The van der Waals surface area contributed by atoms with Gasteiger partial charge in [-0.3, -0.25) is 0 Å². The molecule has 0 aliphatic rings. The van der Waals surface area contributed by atoms with E-state index in [0.717, 1.165) is 16.9 Å². The van der Waals surface area contributed by atoms with Gasteiger partial charge in [0.15, 0.2) is 0 Å². The zero-order valence-corrected chi connectivity index (χ0v) is 10.7. The largest absolute Gasteiger partial charge is 0.496 e. The van der Waals surface area contributed by atoms with Crippen LogP contribution in [0.4, 0.5) is 5.95 Å². The predicted molar refractivity (Wildman–Crippen MR) is 70.3 cm³/mol. The highest BCUT2D eigenvalue weighted by atomic mass is 16.5. The minimum atomic E-state index is 0.175. The number of benzene rings is 1. The summed E-state index contributed by atoms with van der Waals surface area (Å²) in [6.07, 6.45) is 1.60. The fourth-order valence-corrected chi connectivity index (χ4v) is 1.80. The molecule has 0 unspecified atom stereocenters. The summed E-state index contributed by atoms with van der Waals surface area (Å²) in [6.45, 7) is 4.24. The topological polar surface area (TPSA) is 73.9 Å². The fourth-order valence-electron chi connectivity index (χ4n) is 1.80. The lowest BCUT2D eigenvalue weighted by Crippen LogP contribution is -1.99. The summed E-state index contributed by atoms with van der Waals surface area (Å²) < 4.78 is 5.35. The smallest absolute Gasteiger partial charge is 0.240 e. The molecule has 0 spiro atoms. The molecular weight excluding hydrogens is 228 g/mol. The first-order chi connectivity index (χ1) is 8.61. The van der Waals surface area contributed by atoms with E-state index in [1.807, 2.05) is 18.2 Å². The van der Waals surface area contributed by atoms with Crippen molar-refractivity contribution in [2.45, 2.75) is 19.8 Å². The van der Waals surface area contributed by atoms with Crippen LogP contribution >= 0.6 is 0 Å². The van der Waals surface area contributed by atoms with Crippen molar-refractivity contribution in [1.29, 1.82) is 0 Å². The van der Waals surface area contributed by atoms with Crippen molar-refractivity contribution in [3.8, 4) is 17.0 Å². The summed E-state index contributed by atoms with van der Waals surface area (Å²) in [6, 6.07) is 5.92. The Balaban J connectivity index is 2.50. The molecule has 0 atom stereocenters. The number of methoxy groups -OCH3 is 1. The average Bonchev–Trinajstić information content (AvgIpc) is 2.38. The lowest BCUT2D eigenvalue weighted by Gasteiger charge is -2.13. The molecule has 0 radical (unpaired) electrons. The molecule has 0 aliphatic heterocycles. The first-order valence-electron chi connectivity index (χ1n) is 5.75. The molecule has 0 amide bonds. The number of aromatic nitrogens is 3. The summed E-state index contributed by atoms with van der Waals surface area (Å²) in [5, 5.41) is 7.46. The van der Waals surface area contributed by atoms with Gasteiger partial charge >= 0.3 is 0 Å². The van der Waals surface area contributed by atoms with Gasteiger partial charge in [-0.05, 0) is 29.7 Å². The van der Waals surface area contributed by atoms with Gasteiger partial charge in [0, 0.05) is 5.56 Å². The number of nitrogens with two attached hydrogens (primary N) is 1. The molecule has 2 N–H and O–H groups in total. The number of rotatable bonds is 3. The lowest BCUT2D eigenvalue weighted by molar-refractivity contribution is 0.407. The highest BCUT2D eigenvalue weighted by Gasteiger charge is 2.10. The second-order valence-corrected chi connectivity index (χ2v) is 4.31. The van der Waals surface area contributed by atoms with Crippen molar-refractivity contribution < 1.29 is 4.74 Å². The predicted octanol–water partition coefficient (Wildman–Crippen LogP) is 2.25. The fraction of sp³-hybridized carbons (Fsp3) is 0.308. The van der Waals surface area contributed by atoms with Crippen LogP contribution in [0.5, 0.6) is 5.75 Å². The Kier molecular flexibility index (Phi) is 3.41. The molecule has 0 bridgehead atoms. The molecule has 2 rings (SSSR count). The van der Waals surface area contributed by atoms with Crippen LogP contribution in [0.15, 0.2) is 24.4 Å². The number of ether oxygens (including phenoxy) is 1. The quantitative estimate of drug-likeness (QED) is 0.896. The van der Waals surface area contributed by atoms with E-state index in [9.17, 15) is 0 Å². The first kappa shape index (κ1) is 12.3. The third kappa shape index (κ3) is 2.40. The van der Waals surface area contributed by atoms with E-state index >= 15 is 0 Å². The molecule has 0 saturated carbocycles. The maximum atomic E-state index is 5.54. The minimum Gasteiger partial charge on any atom is -0.496 e. The number of hydrogen-bond donors (Lipinski definition) is 1. The summed E-state index contributed by atoms with van der Waals surface area (Å²) >= 11 is 0. The number of nitrogens with zero attached hydrogens (tertiary/aromatic N) is 3. The molecule has 94 valence electrons. The van der Waals surface area contributed by atoms with Crippen LogP contribution in [-0.4, -0.2) is 22.3 Å². The van der Waals surface area contributed by atoms with E-state index < -0.39 is 0 Å². The van der Waals surface area contributed by atoms with E-state index in [1.54, 1.807) is 13.3 Å². The Labute approximate surface area is 106 Å². The van der Waals surface area contributed by atoms with Crippen LogP contribution < -0.4 is 10.5 Å². The third-order valence-corrected chi connectivity index (χ3v) is 2.72. The van der Waals surface area contributed by atoms with Gasteiger partial charge in [0.05, 0.1) is 19.0 Å². The van der Waals surface area contributed by atoms with Gasteiger partial charge < -0.3 is 10.5 Å². The van der Waals surface area contributed by atoms with E-state index in [2.05, 4.69) is 29.0 Å². The van der Waals surface area contributed by atoms with Crippen molar-refractivity contribution in [2.75, 3.05) is 12.8 Å². The van der Waals surface area contributed by atoms with Crippen molar-refractivity contribution in [3.05, 3.63) is 30.0 Å². The molecule has 1 aromatic carbocycles. The van der Waals surface area contributed by atoms with Crippen LogP contribution in [0, 0.1) is 0 Å². The van der Waals surface area contributed by atoms with Crippen molar-refractivity contribution in [1.82, 2.24) is 15.2 Å². The van der Waals surface area contributed by atoms with Gasteiger partial charge in [0.25, 0.3) is 0 Å². The molecule has 5 nitrogen and oxygen atoms in total. The van der Waals surface area contributed by atoms with Crippen LogP contribution in [0.3, 0.4) is 0 Å². The third-order valence-electron chi connectivity index (χ3n) is 2.72. The van der Waals surface area contributed by atoms with Crippen molar-refractivity contribution >= 4 is 5.95 Å². The van der Waals surface area contributed by atoms with Gasteiger partial charge in [-0.15, -0.1) is 5.10 Å². The normalized spacial score (nSPS) is 10.7. The van der Waals surface area contributed by atoms with E-state index in [-0.39, 0.29) is 5.95 Å². The number of hydrogen-bond acceptors (Lipinski definition) is 5. The Bertz CT molecular complexity index is 554. The monoisotopic (exact) mass is 244 g/mol. The zero-order valence-electron chi connectivity index (χ0n) is 10.7. The van der Waals surface area contributed by atoms with Gasteiger partial charge in [-0.25, -0.2) is 4.98 Å². The van der Waals surface area contributed by atoms with Crippen LogP contribution in [0.1, 0.15) is 25.3 Å². The van der Waals surface area contributed by atoms with Crippen molar-refractivity contribution in [2.24, 2.45) is 0 Å². The van der Waals surface area contributed by atoms with Crippen LogP contribution in [-0.2, 0) is 0 Å². The molecule has 1 heterocycles. The van der Waals surface area contributed by atoms with Gasteiger partial charge in [0.1, 0.15) is 5.75 Å². The van der Waals surface area contributed by atoms with E-state index in [1.165, 1.54) is 0 Å². The Morgan fingerprint density at radius 3 is 2.67 bits per heavy atom. The highest BCUT2D eigenvalue weighted by molar-refractivity contribution is 5.62. The SMILES string of the molecule is COc1ccc(-c2cnnc(N)n2)cc1C(C)C. The number of nitrogen functional groups attached to an aromatic ring is 1. The Hall–Kier alpha value is -2.17. The van der Waals surface area contributed by atoms with E-state index in [0.29, 0.717) is 11.6 Å². The Morgan fingerprint density at radius 2 is 2.06 bits per heavy atom. The van der Waals surface area contributed by atoms with E-state index in [4.69, 9.17) is 10.5 Å². The second kappa shape index (κ2) is 5.00. The van der Waals surface area contributed by atoms with Crippen LogP contribution in [0.25, 0.3) is 11.3 Å². The molecule has 18 heavy (non-hydrogen) atoms. The average molecular weight is 244 g/mol. The molecule has 0 fully saturated rings.